The second-order valence-corrected chi connectivity index (χ2v) is 21.3. The van der Waals surface area contributed by atoms with Crippen LogP contribution < -0.4 is 9.47 Å². The number of hydrogen-bond donors (Lipinski definition) is 0. The summed E-state index contributed by atoms with van der Waals surface area (Å²) < 4.78 is 17.7. The predicted octanol–water partition coefficient (Wildman–Crippen LogP) is 6.93. The molecular formula is C25H41NO3Sn. The predicted molar refractivity (Wildman–Crippen MR) is 128 cm³/mol. The Morgan fingerprint density at radius 3 is 1.70 bits per heavy atom. The van der Waals surface area contributed by atoms with E-state index in [0.717, 1.165) is 9.52 Å². The first-order valence-electron chi connectivity index (χ1n) is 12.1. The van der Waals surface area contributed by atoms with Crippen LogP contribution in [0.25, 0.3) is 0 Å². The Morgan fingerprint density at radius 2 is 1.27 bits per heavy atom. The standard InChI is InChI=1S/C13H14NO3.3C4H9.Sn/c1-3-14(4-2)13(15)12-9-16-10-7-5-6-8-11(10)17-12;3*1-3-4-2;/h5-8H,3-4H2,1-2H3;3*1,3-4H2,2H3;. The summed E-state index contributed by atoms with van der Waals surface area (Å²) in [6.45, 7) is 12.2. The molecule has 5 heteroatoms. The number of para-hydroxylation sites is 2. The molecule has 0 radical (unpaired) electrons. The van der Waals surface area contributed by atoms with Crippen molar-refractivity contribution in [2.45, 2.75) is 86.5 Å². The molecule has 1 aliphatic heterocycles. The molecule has 0 N–H and O–H groups in total. The van der Waals surface area contributed by atoms with Gasteiger partial charge in [0.15, 0.2) is 0 Å². The summed E-state index contributed by atoms with van der Waals surface area (Å²) in [7, 11) is 0. The van der Waals surface area contributed by atoms with E-state index < -0.39 is 18.4 Å². The first-order valence-corrected chi connectivity index (χ1v) is 19.5. The Hall–Kier alpha value is -1.17. The number of rotatable bonds is 13. The van der Waals surface area contributed by atoms with Gasteiger partial charge in [-0.1, -0.05) is 0 Å². The van der Waals surface area contributed by atoms with Crippen molar-refractivity contribution in [3.63, 3.8) is 0 Å². The molecule has 0 saturated heterocycles. The van der Waals surface area contributed by atoms with Crippen molar-refractivity contribution >= 4 is 24.3 Å². The molecule has 1 aliphatic rings. The second-order valence-electron chi connectivity index (χ2n) is 8.38. The van der Waals surface area contributed by atoms with Crippen LogP contribution in [0.4, 0.5) is 0 Å². The molecule has 0 saturated carbocycles. The van der Waals surface area contributed by atoms with Gasteiger partial charge in [-0.05, 0) is 0 Å². The Bertz CT molecular complexity index is 690. The van der Waals surface area contributed by atoms with Gasteiger partial charge in [-0.2, -0.15) is 0 Å². The van der Waals surface area contributed by atoms with E-state index in [1.165, 1.54) is 51.8 Å². The molecule has 1 aromatic carbocycles. The molecule has 2 rings (SSSR count). The Labute approximate surface area is 187 Å². The van der Waals surface area contributed by atoms with Crippen LogP contribution in [0.15, 0.2) is 33.8 Å². The van der Waals surface area contributed by atoms with Crippen molar-refractivity contribution in [3.05, 3.63) is 33.8 Å². The summed E-state index contributed by atoms with van der Waals surface area (Å²) >= 11 is -3.00. The SMILES string of the molecule is CCC[CH2][Sn]([CH2]CCC)([CH2]CCC)[C]1=C(C(=O)N(CC)CC)Oc2ccccc2O1. The summed E-state index contributed by atoms with van der Waals surface area (Å²) in [6, 6.07) is 7.81. The van der Waals surface area contributed by atoms with Crippen molar-refractivity contribution in [2.24, 2.45) is 0 Å². The van der Waals surface area contributed by atoms with Gasteiger partial charge in [0.2, 0.25) is 0 Å². The zero-order valence-electron chi connectivity index (χ0n) is 19.8. The van der Waals surface area contributed by atoms with E-state index in [-0.39, 0.29) is 5.91 Å². The maximum atomic E-state index is 13.5. The third-order valence-corrected chi connectivity index (χ3v) is 21.1. The van der Waals surface area contributed by atoms with E-state index in [1.807, 2.05) is 43.0 Å². The minimum atomic E-state index is -3.00. The van der Waals surface area contributed by atoms with E-state index in [2.05, 4.69) is 20.8 Å². The average molecular weight is 522 g/mol. The van der Waals surface area contributed by atoms with Crippen molar-refractivity contribution in [1.29, 1.82) is 0 Å². The van der Waals surface area contributed by atoms with Crippen LogP contribution >= 0.6 is 0 Å². The van der Waals surface area contributed by atoms with Gasteiger partial charge in [0.1, 0.15) is 0 Å². The van der Waals surface area contributed by atoms with Gasteiger partial charge in [0.25, 0.3) is 0 Å². The zero-order chi connectivity index (χ0) is 22.0. The number of likely N-dealkylation sites (N-methyl/N-ethyl adjacent to an activating group) is 1. The molecule has 0 spiro atoms. The molecule has 168 valence electrons. The molecule has 0 unspecified atom stereocenters. The van der Waals surface area contributed by atoms with Gasteiger partial charge in [0.05, 0.1) is 0 Å². The van der Waals surface area contributed by atoms with Crippen LogP contribution in [-0.4, -0.2) is 42.3 Å². The van der Waals surface area contributed by atoms with Crippen molar-refractivity contribution in [1.82, 2.24) is 4.90 Å². The van der Waals surface area contributed by atoms with Gasteiger partial charge in [-0.3, -0.25) is 0 Å². The fourth-order valence-electron chi connectivity index (χ4n) is 4.34. The van der Waals surface area contributed by atoms with Crippen LogP contribution in [-0.2, 0) is 4.79 Å². The third kappa shape index (κ3) is 5.95. The molecular weight excluding hydrogens is 481 g/mol. The summed E-state index contributed by atoms with van der Waals surface area (Å²) in [5.41, 5.74) is 0. The van der Waals surface area contributed by atoms with Gasteiger partial charge < -0.3 is 0 Å². The van der Waals surface area contributed by atoms with Crippen LogP contribution in [0.2, 0.25) is 13.3 Å². The molecule has 0 fully saturated rings. The van der Waals surface area contributed by atoms with E-state index in [4.69, 9.17) is 9.47 Å². The molecule has 1 aromatic rings. The Morgan fingerprint density at radius 1 is 0.800 bits per heavy atom. The normalized spacial score (nSPS) is 13.5. The Balaban J connectivity index is 2.62. The Kier molecular flexibility index (Phi) is 10.6. The van der Waals surface area contributed by atoms with Gasteiger partial charge in [0, 0.05) is 0 Å². The summed E-state index contributed by atoms with van der Waals surface area (Å²) in [4.78, 5) is 15.4. The van der Waals surface area contributed by atoms with E-state index >= 15 is 0 Å². The number of carbonyl (C=O) groups excluding carboxylic acids is 1. The summed E-state index contributed by atoms with van der Waals surface area (Å²) in [5.74, 6) is 1.93. The fraction of sp³-hybridized carbons (Fsp3) is 0.640. The molecule has 0 atom stereocenters. The molecule has 30 heavy (non-hydrogen) atoms. The molecule has 1 heterocycles. The quantitative estimate of drug-likeness (QED) is 0.264. The average Bonchev–Trinajstić information content (AvgIpc) is 2.78. The van der Waals surface area contributed by atoms with Gasteiger partial charge in [-0.25, -0.2) is 0 Å². The molecule has 0 aromatic heterocycles. The van der Waals surface area contributed by atoms with Gasteiger partial charge in [-0.15, -0.1) is 0 Å². The van der Waals surface area contributed by atoms with Crippen molar-refractivity contribution in [3.8, 4) is 11.5 Å². The maximum absolute atomic E-state index is 13.5. The molecule has 0 aliphatic carbocycles. The second kappa shape index (κ2) is 12.6. The molecule has 4 nitrogen and oxygen atoms in total. The number of nitrogens with zero attached hydrogens (tertiary/aromatic N) is 1. The number of ether oxygens (including phenoxy) is 2. The molecule has 0 bridgehead atoms. The number of benzene rings is 1. The number of amides is 1. The zero-order valence-corrected chi connectivity index (χ0v) is 22.6. The number of unbranched alkanes of at least 4 members (excludes halogenated alkanes) is 3. The van der Waals surface area contributed by atoms with Crippen LogP contribution in [0.1, 0.15) is 73.1 Å². The minimum absolute atomic E-state index is 0.00456. The molecule has 1 amide bonds. The summed E-state index contributed by atoms with van der Waals surface area (Å²) in [6.07, 6.45) is 7.18. The number of fused-ring (bicyclic) bond motifs is 1. The van der Waals surface area contributed by atoms with E-state index in [9.17, 15) is 4.79 Å². The van der Waals surface area contributed by atoms with Crippen LogP contribution in [0.3, 0.4) is 0 Å². The van der Waals surface area contributed by atoms with Crippen molar-refractivity contribution < 1.29 is 14.3 Å². The van der Waals surface area contributed by atoms with Crippen molar-refractivity contribution in [2.75, 3.05) is 13.1 Å². The fourth-order valence-corrected chi connectivity index (χ4v) is 20.0. The monoisotopic (exact) mass is 523 g/mol. The van der Waals surface area contributed by atoms with E-state index in [1.54, 1.807) is 0 Å². The van der Waals surface area contributed by atoms with E-state index in [0.29, 0.717) is 24.6 Å². The van der Waals surface area contributed by atoms with Crippen LogP contribution in [0, 0.1) is 0 Å². The number of hydrogen-bond acceptors (Lipinski definition) is 3. The van der Waals surface area contributed by atoms with Crippen LogP contribution in [0.5, 0.6) is 11.5 Å². The number of carbonyl (C=O) groups is 1. The third-order valence-electron chi connectivity index (χ3n) is 6.23. The summed E-state index contributed by atoms with van der Waals surface area (Å²) in [5, 5.41) is 0. The first-order chi connectivity index (χ1) is 14.6. The topological polar surface area (TPSA) is 38.8 Å². The first kappa shape index (κ1) is 25.1. The van der Waals surface area contributed by atoms with Gasteiger partial charge >= 0.3 is 188 Å².